The van der Waals surface area contributed by atoms with Crippen molar-refractivity contribution >= 4 is 27.9 Å². The number of rotatable bonds is 6. The van der Waals surface area contributed by atoms with E-state index in [1.165, 1.54) is 24.3 Å². The highest BCUT2D eigenvalue weighted by molar-refractivity contribution is 7.87. The zero-order valence-corrected chi connectivity index (χ0v) is 13.2. The summed E-state index contributed by atoms with van der Waals surface area (Å²) in [7, 11) is -2.28. The number of nitrogens with one attached hydrogen (secondary N) is 1. The largest absolute Gasteiger partial charge is 0.731 e. The van der Waals surface area contributed by atoms with Crippen LogP contribution in [0.1, 0.15) is 5.56 Å². The first-order valence-corrected chi connectivity index (χ1v) is 7.16. The Morgan fingerprint density at radius 3 is 1.95 bits per heavy atom. The smallest absolute Gasteiger partial charge is 0.320 e. The third-order valence-corrected chi connectivity index (χ3v) is 3.09. The Balaban J connectivity index is 0.00000441. The van der Waals surface area contributed by atoms with Gasteiger partial charge in [-0.1, -0.05) is 12.1 Å². The molecule has 0 amide bonds. The van der Waals surface area contributed by atoms with Gasteiger partial charge in [-0.15, -0.1) is 0 Å². The molecule has 0 aliphatic heterocycles. The van der Waals surface area contributed by atoms with E-state index in [-0.39, 0.29) is 18.3 Å². The maximum absolute atomic E-state index is 11.5. The van der Waals surface area contributed by atoms with Crippen molar-refractivity contribution in [3.63, 3.8) is 0 Å². The number of benzene rings is 1. The summed E-state index contributed by atoms with van der Waals surface area (Å²) in [6, 6.07) is 5.64. The van der Waals surface area contributed by atoms with Gasteiger partial charge in [0.1, 0.15) is 0 Å². The van der Waals surface area contributed by atoms with Gasteiger partial charge in [0, 0.05) is 5.69 Å². The van der Waals surface area contributed by atoms with E-state index < -0.39 is 28.2 Å². The molecule has 0 aliphatic rings. The molecule has 22 heavy (non-hydrogen) atoms. The van der Waals surface area contributed by atoms with Crippen molar-refractivity contribution in [2.45, 2.75) is 6.42 Å². The normalized spacial score (nSPS) is 10.5. The predicted octanol–water partition coefficient (Wildman–Crippen LogP) is 0.440. The summed E-state index contributed by atoms with van der Waals surface area (Å²) in [6.45, 7) is 0. The standard InChI is InChI=1S/C12H15NO7S.H3N/c1-19-11(14)10(12(15)20-2)7-8-3-5-9(6-4-8)13-21(16,17)18;/h3-6,10,13H,7H2,1-2H3,(H,16,17,18);1H3. The van der Waals surface area contributed by atoms with E-state index in [4.69, 9.17) is 0 Å². The first-order chi connectivity index (χ1) is 9.76. The molecule has 124 valence electrons. The number of esters is 2. The molecule has 0 saturated carbocycles. The number of carbonyl (C=O) groups excluding carboxylic acids is 2. The van der Waals surface area contributed by atoms with Crippen LogP contribution in [0.25, 0.3) is 0 Å². The molecule has 0 atom stereocenters. The number of methoxy groups -OCH3 is 2. The minimum Gasteiger partial charge on any atom is -0.731 e. The van der Waals surface area contributed by atoms with E-state index >= 15 is 0 Å². The van der Waals surface area contributed by atoms with Crippen molar-refractivity contribution in [3.8, 4) is 0 Å². The topological polar surface area (TPSA) is 158 Å². The zero-order chi connectivity index (χ0) is 16.0. The summed E-state index contributed by atoms with van der Waals surface area (Å²) in [5.41, 5.74) is 0.658. The van der Waals surface area contributed by atoms with Crippen molar-refractivity contribution in [2.24, 2.45) is 5.92 Å². The molecule has 0 bridgehead atoms. The lowest BCUT2D eigenvalue weighted by Crippen LogP contribution is -2.28. The van der Waals surface area contributed by atoms with Gasteiger partial charge in [-0.05, 0) is 24.1 Å². The van der Waals surface area contributed by atoms with Gasteiger partial charge in [-0.2, -0.15) is 0 Å². The molecule has 1 aromatic rings. The van der Waals surface area contributed by atoms with Crippen LogP contribution in [0.4, 0.5) is 5.69 Å². The van der Waals surface area contributed by atoms with E-state index in [0.717, 1.165) is 14.2 Å². The molecule has 0 unspecified atom stereocenters. The fraction of sp³-hybridized carbons (Fsp3) is 0.333. The lowest BCUT2D eigenvalue weighted by molar-refractivity contribution is -0.158. The molecular formula is C12H18N2O7S. The average molecular weight is 334 g/mol. The molecule has 9 nitrogen and oxygen atoms in total. The van der Waals surface area contributed by atoms with Gasteiger partial charge >= 0.3 is 11.9 Å². The first-order valence-electron chi connectivity index (χ1n) is 5.75. The van der Waals surface area contributed by atoms with Crippen molar-refractivity contribution in [1.29, 1.82) is 0 Å². The fourth-order valence-electron chi connectivity index (χ4n) is 1.64. The van der Waals surface area contributed by atoms with Crippen LogP contribution in [0.5, 0.6) is 0 Å². The van der Waals surface area contributed by atoms with Crippen LogP contribution in [0.15, 0.2) is 24.3 Å². The molecule has 0 radical (unpaired) electrons. The number of ether oxygens (including phenoxy) is 2. The quantitative estimate of drug-likeness (QED) is 0.433. The monoisotopic (exact) mass is 334 g/mol. The molecule has 1 aromatic carbocycles. The number of hydrogen-bond donors (Lipinski definition) is 2. The first kappa shape index (κ1) is 19.8. The third kappa shape index (κ3) is 6.08. The number of hydrogen-bond acceptors (Lipinski definition) is 7. The molecule has 0 aromatic heterocycles. The van der Waals surface area contributed by atoms with Crippen molar-refractivity contribution < 1.29 is 32.0 Å². The molecule has 0 heterocycles. The molecule has 5 N–H and O–H groups in total. The molecule has 0 aliphatic carbocycles. The van der Waals surface area contributed by atoms with Gasteiger partial charge in [0.05, 0.1) is 14.2 Å². The van der Waals surface area contributed by atoms with Crippen LogP contribution in [-0.2, 0) is 35.8 Å². The highest BCUT2D eigenvalue weighted by atomic mass is 32.2. The lowest BCUT2D eigenvalue weighted by atomic mass is 9.99. The Labute approximate surface area is 128 Å². The summed E-state index contributed by atoms with van der Waals surface area (Å²) in [5.74, 6) is -2.57. The van der Waals surface area contributed by atoms with Crippen molar-refractivity contribution in [1.82, 2.24) is 6.15 Å². The predicted molar refractivity (Wildman–Crippen MR) is 77.0 cm³/mol. The van der Waals surface area contributed by atoms with E-state index in [1.807, 2.05) is 0 Å². The third-order valence-electron chi connectivity index (χ3n) is 2.61. The second-order valence-electron chi connectivity index (χ2n) is 4.06. The Hall–Kier alpha value is -2.17. The van der Waals surface area contributed by atoms with Crippen molar-refractivity contribution in [2.75, 3.05) is 18.9 Å². The van der Waals surface area contributed by atoms with Crippen LogP contribution in [-0.4, -0.2) is 39.1 Å². The van der Waals surface area contributed by atoms with E-state index in [9.17, 15) is 22.6 Å². The van der Waals surface area contributed by atoms with Crippen LogP contribution in [0.3, 0.4) is 0 Å². The Morgan fingerprint density at radius 1 is 1.14 bits per heavy atom. The molecule has 10 heteroatoms. The Morgan fingerprint density at radius 2 is 1.59 bits per heavy atom. The summed E-state index contributed by atoms with van der Waals surface area (Å²) >= 11 is 0. The minimum absolute atomic E-state index is 0. The summed E-state index contributed by atoms with van der Waals surface area (Å²) in [5, 5.41) is 0. The summed E-state index contributed by atoms with van der Waals surface area (Å²) < 4.78 is 42.4. The fourth-order valence-corrected chi connectivity index (χ4v) is 2.06. The van der Waals surface area contributed by atoms with Gasteiger partial charge in [0.25, 0.3) is 0 Å². The SMILES string of the molecule is COC(=O)C(Cc1ccc(NS(=O)(=O)[O-])cc1)C(=O)OC.[NH4+]. The van der Waals surface area contributed by atoms with Crippen LogP contribution >= 0.6 is 0 Å². The van der Waals surface area contributed by atoms with Gasteiger partial charge in [-0.25, -0.2) is 8.42 Å². The van der Waals surface area contributed by atoms with E-state index in [2.05, 4.69) is 9.47 Å². The van der Waals surface area contributed by atoms with Crippen LogP contribution < -0.4 is 10.9 Å². The lowest BCUT2D eigenvalue weighted by Gasteiger charge is -2.13. The number of quaternary nitrogens is 1. The second kappa shape index (κ2) is 8.32. The van der Waals surface area contributed by atoms with Gasteiger partial charge in [0.2, 0.25) is 0 Å². The molecule has 1 rings (SSSR count). The maximum Gasteiger partial charge on any atom is 0.320 e. The minimum atomic E-state index is -4.60. The number of anilines is 1. The van der Waals surface area contributed by atoms with E-state index in [0.29, 0.717) is 5.56 Å². The molecule has 0 spiro atoms. The zero-order valence-electron chi connectivity index (χ0n) is 12.4. The van der Waals surface area contributed by atoms with Gasteiger partial charge in [-0.3, -0.25) is 14.3 Å². The second-order valence-corrected chi connectivity index (χ2v) is 5.17. The highest BCUT2D eigenvalue weighted by Crippen LogP contribution is 2.16. The van der Waals surface area contributed by atoms with Crippen LogP contribution in [0.2, 0.25) is 0 Å². The van der Waals surface area contributed by atoms with Crippen LogP contribution in [0, 0.1) is 5.92 Å². The average Bonchev–Trinajstić information content (AvgIpc) is 2.43. The number of carbonyl (C=O) groups is 2. The van der Waals surface area contributed by atoms with Crippen molar-refractivity contribution in [3.05, 3.63) is 29.8 Å². The molecular weight excluding hydrogens is 316 g/mol. The molecule has 0 fully saturated rings. The summed E-state index contributed by atoms with van der Waals surface area (Å²) in [4.78, 5) is 23.0. The van der Waals surface area contributed by atoms with E-state index in [1.54, 1.807) is 4.72 Å². The molecule has 0 saturated heterocycles. The maximum atomic E-state index is 11.5. The van der Waals surface area contributed by atoms with Gasteiger partial charge in [0.15, 0.2) is 16.2 Å². The highest BCUT2D eigenvalue weighted by Gasteiger charge is 2.28. The van der Waals surface area contributed by atoms with Gasteiger partial charge < -0.3 is 20.2 Å². The summed E-state index contributed by atoms with van der Waals surface area (Å²) in [6.07, 6.45) is 0.0315. The Bertz CT molecular complexity index is 597. The Kier molecular flexibility index (Phi) is 7.50.